The van der Waals surface area contributed by atoms with Crippen LogP contribution in [-0.2, 0) is 18.3 Å². The van der Waals surface area contributed by atoms with Gasteiger partial charge in [-0.25, -0.2) is 0 Å². The number of hydrogen-bond donors (Lipinski definition) is 1. The molecule has 0 saturated heterocycles. The molecule has 1 aromatic rings. The van der Waals surface area contributed by atoms with Gasteiger partial charge in [-0.3, -0.25) is 4.98 Å². The zero-order valence-electron chi connectivity index (χ0n) is 10.1. The fourth-order valence-corrected chi connectivity index (χ4v) is 2.44. The van der Waals surface area contributed by atoms with Gasteiger partial charge in [0, 0.05) is 16.8 Å². The summed E-state index contributed by atoms with van der Waals surface area (Å²) in [6, 6.07) is 0. The minimum Gasteiger partial charge on any atom is -0.398 e. The van der Waals surface area contributed by atoms with Crippen LogP contribution < -0.4 is 5.73 Å². The smallest absolute Gasteiger partial charge is 0.0510 e. The second-order valence-corrected chi connectivity index (χ2v) is 5.53. The maximum atomic E-state index is 6.19. The molecule has 0 saturated carbocycles. The van der Waals surface area contributed by atoms with Gasteiger partial charge in [-0.2, -0.15) is 0 Å². The number of hydrogen-bond acceptors (Lipinski definition) is 2. The molecule has 0 radical (unpaired) electrons. The summed E-state index contributed by atoms with van der Waals surface area (Å²) in [4.78, 5) is 4.80. The molecule has 0 amide bonds. The highest BCUT2D eigenvalue weighted by atomic mass is 14.8. The van der Waals surface area contributed by atoms with E-state index in [1.54, 1.807) is 0 Å². The average Bonchev–Trinajstić information content (AvgIpc) is 2.57. The normalized spacial score (nSPS) is 15.5. The lowest BCUT2D eigenvalue weighted by molar-refractivity contribution is 0.562. The van der Waals surface area contributed by atoms with Gasteiger partial charge >= 0.3 is 0 Å². The Morgan fingerprint density at radius 1 is 1.20 bits per heavy atom. The SMILES string of the molecule is Cc1c(C(C)(C)C)nc2c(c1N)CCC2. The lowest BCUT2D eigenvalue weighted by Crippen LogP contribution is -2.18. The van der Waals surface area contributed by atoms with Gasteiger partial charge in [0.2, 0.25) is 0 Å². The highest BCUT2D eigenvalue weighted by molar-refractivity contribution is 5.59. The van der Waals surface area contributed by atoms with Crippen LogP contribution in [0.3, 0.4) is 0 Å². The number of nitrogens with two attached hydrogens (primary N) is 1. The van der Waals surface area contributed by atoms with Crippen LogP contribution in [0.15, 0.2) is 0 Å². The first kappa shape index (κ1) is 10.5. The van der Waals surface area contributed by atoms with Gasteiger partial charge in [0.15, 0.2) is 0 Å². The average molecular weight is 204 g/mol. The Kier molecular flexibility index (Phi) is 2.25. The monoisotopic (exact) mass is 204 g/mol. The number of aromatic nitrogens is 1. The largest absolute Gasteiger partial charge is 0.398 e. The highest BCUT2D eigenvalue weighted by Crippen LogP contribution is 2.34. The van der Waals surface area contributed by atoms with E-state index in [1.807, 2.05) is 0 Å². The van der Waals surface area contributed by atoms with Crippen LogP contribution in [0.4, 0.5) is 5.69 Å². The van der Waals surface area contributed by atoms with Gasteiger partial charge in [-0.1, -0.05) is 20.8 Å². The van der Waals surface area contributed by atoms with Gasteiger partial charge < -0.3 is 5.73 Å². The fourth-order valence-electron chi connectivity index (χ4n) is 2.44. The second-order valence-electron chi connectivity index (χ2n) is 5.53. The molecule has 15 heavy (non-hydrogen) atoms. The van der Waals surface area contributed by atoms with Crippen molar-refractivity contribution in [3.8, 4) is 0 Å². The van der Waals surface area contributed by atoms with Gasteiger partial charge in [0.1, 0.15) is 0 Å². The molecule has 0 aromatic carbocycles. The van der Waals surface area contributed by atoms with Crippen molar-refractivity contribution in [2.75, 3.05) is 5.73 Å². The van der Waals surface area contributed by atoms with Crippen molar-refractivity contribution in [2.24, 2.45) is 0 Å². The summed E-state index contributed by atoms with van der Waals surface area (Å²) in [6.07, 6.45) is 3.42. The first-order chi connectivity index (χ1) is 6.91. The van der Waals surface area contributed by atoms with Gasteiger partial charge in [0.05, 0.1) is 5.69 Å². The quantitative estimate of drug-likeness (QED) is 0.705. The van der Waals surface area contributed by atoms with Crippen LogP contribution in [0.1, 0.15) is 49.7 Å². The van der Waals surface area contributed by atoms with Crippen molar-refractivity contribution in [1.29, 1.82) is 0 Å². The zero-order chi connectivity index (χ0) is 11.2. The minimum absolute atomic E-state index is 0.0931. The summed E-state index contributed by atoms with van der Waals surface area (Å²) in [5.41, 5.74) is 12.2. The molecule has 0 fully saturated rings. The van der Waals surface area contributed by atoms with Crippen LogP contribution in [0, 0.1) is 6.92 Å². The van der Waals surface area contributed by atoms with Crippen molar-refractivity contribution in [1.82, 2.24) is 4.98 Å². The van der Waals surface area contributed by atoms with E-state index in [4.69, 9.17) is 10.7 Å². The molecule has 1 heterocycles. The standard InChI is InChI=1S/C13H20N2/c1-8-11(14)9-6-5-7-10(9)15-12(8)13(2,3)4/h5-7H2,1-4H3,(H2,14,15). The molecule has 2 heteroatoms. The summed E-state index contributed by atoms with van der Waals surface area (Å²) < 4.78 is 0. The van der Waals surface area contributed by atoms with Crippen molar-refractivity contribution < 1.29 is 0 Å². The lowest BCUT2D eigenvalue weighted by atomic mass is 9.87. The summed E-state index contributed by atoms with van der Waals surface area (Å²) in [5, 5.41) is 0. The molecule has 82 valence electrons. The van der Waals surface area contributed by atoms with Gasteiger partial charge in [-0.15, -0.1) is 0 Å². The molecule has 1 aromatic heterocycles. The third kappa shape index (κ3) is 1.62. The number of fused-ring (bicyclic) bond motifs is 1. The maximum Gasteiger partial charge on any atom is 0.0510 e. The van der Waals surface area contributed by atoms with E-state index < -0.39 is 0 Å². The number of pyridine rings is 1. The van der Waals surface area contributed by atoms with Crippen molar-refractivity contribution in [3.63, 3.8) is 0 Å². The summed E-state index contributed by atoms with van der Waals surface area (Å²) in [7, 11) is 0. The molecule has 1 aliphatic carbocycles. The van der Waals surface area contributed by atoms with E-state index in [0.717, 1.165) is 18.5 Å². The third-order valence-electron chi connectivity index (χ3n) is 3.23. The summed E-state index contributed by atoms with van der Waals surface area (Å²) >= 11 is 0. The molecule has 2 rings (SSSR count). The van der Waals surface area contributed by atoms with Crippen molar-refractivity contribution in [3.05, 3.63) is 22.5 Å². The molecule has 2 N–H and O–H groups in total. The van der Waals surface area contributed by atoms with E-state index in [2.05, 4.69) is 27.7 Å². The third-order valence-corrected chi connectivity index (χ3v) is 3.23. The van der Waals surface area contributed by atoms with E-state index in [9.17, 15) is 0 Å². The first-order valence-electron chi connectivity index (χ1n) is 5.69. The van der Waals surface area contributed by atoms with Crippen LogP contribution in [0.25, 0.3) is 0 Å². The number of nitrogen functional groups attached to an aromatic ring is 1. The number of aryl methyl sites for hydroxylation is 1. The van der Waals surface area contributed by atoms with Gasteiger partial charge in [0.25, 0.3) is 0 Å². The summed E-state index contributed by atoms with van der Waals surface area (Å²) in [6.45, 7) is 8.69. The molecule has 2 nitrogen and oxygen atoms in total. The number of rotatable bonds is 0. The van der Waals surface area contributed by atoms with Crippen LogP contribution in [0.2, 0.25) is 0 Å². The second kappa shape index (κ2) is 3.22. The lowest BCUT2D eigenvalue weighted by Gasteiger charge is -2.23. The highest BCUT2D eigenvalue weighted by Gasteiger charge is 2.25. The maximum absolute atomic E-state index is 6.19. The molecular formula is C13H20N2. The van der Waals surface area contributed by atoms with Crippen molar-refractivity contribution in [2.45, 2.75) is 52.4 Å². The van der Waals surface area contributed by atoms with E-state index >= 15 is 0 Å². The Morgan fingerprint density at radius 2 is 1.87 bits per heavy atom. The number of nitrogens with zero attached hydrogens (tertiary/aromatic N) is 1. The molecule has 0 spiro atoms. The first-order valence-corrected chi connectivity index (χ1v) is 5.69. The van der Waals surface area contributed by atoms with E-state index in [0.29, 0.717) is 0 Å². The van der Waals surface area contributed by atoms with Crippen molar-refractivity contribution >= 4 is 5.69 Å². The Morgan fingerprint density at radius 3 is 2.47 bits per heavy atom. The fraction of sp³-hybridized carbons (Fsp3) is 0.615. The Balaban J connectivity index is 2.64. The predicted octanol–water partition coefficient (Wildman–Crippen LogP) is 2.76. The topological polar surface area (TPSA) is 38.9 Å². The van der Waals surface area contributed by atoms with Gasteiger partial charge in [-0.05, 0) is 37.3 Å². The van der Waals surface area contributed by atoms with E-state index in [1.165, 1.54) is 28.9 Å². The molecule has 0 bridgehead atoms. The summed E-state index contributed by atoms with van der Waals surface area (Å²) in [5.74, 6) is 0. The Hall–Kier alpha value is -1.05. The molecule has 0 unspecified atom stereocenters. The zero-order valence-corrected chi connectivity index (χ0v) is 10.1. The van der Waals surface area contributed by atoms with Crippen LogP contribution in [0.5, 0.6) is 0 Å². The van der Waals surface area contributed by atoms with Crippen LogP contribution >= 0.6 is 0 Å². The molecular weight excluding hydrogens is 184 g/mol. The predicted molar refractivity (Wildman–Crippen MR) is 64.1 cm³/mol. The molecule has 0 atom stereocenters. The molecule has 1 aliphatic rings. The van der Waals surface area contributed by atoms with Crippen LogP contribution in [-0.4, -0.2) is 4.98 Å². The Bertz CT molecular complexity index is 400. The minimum atomic E-state index is 0.0931. The molecule has 0 aliphatic heterocycles. The number of anilines is 1. The Labute approximate surface area is 91.9 Å². The van der Waals surface area contributed by atoms with E-state index in [-0.39, 0.29) is 5.41 Å².